The van der Waals surface area contributed by atoms with E-state index in [0.717, 1.165) is 17.8 Å². The molecule has 0 fully saturated rings. The summed E-state index contributed by atoms with van der Waals surface area (Å²) in [7, 11) is 0. The van der Waals surface area contributed by atoms with Crippen LogP contribution in [0, 0.1) is 0 Å². The van der Waals surface area contributed by atoms with Crippen LogP contribution in [0.2, 0.25) is 0 Å². The lowest BCUT2D eigenvalue weighted by Gasteiger charge is -1.99. The third-order valence-electron chi connectivity index (χ3n) is 2.64. The Labute approximate surface area is 93.7 Å². The average Bonchev–Trinajstić information content (AvgIpc) is 2.66. The van der Waals surface area contributed by atoms with Gasteiger partial charge in [-0.3, -0.25) is 9.89 Å². The molecule has 0 bridgehead atoms. The Morgan fingerprint density at radius 2 is 2.00 bits per heavy atom. The number of aromatic amines is 1. The van der Waals surface area contributed by atoms with Gasteiger partial charge in [0.15, 0.2) is 0 Å². The molecule has 2 aromatic rings. The van der Waals surface area contributed by atoms with E-state index < -0.39 is 0 Å². The minimum atomic E-state index is -0.0504. The number of para-hydroxylation sites is 1. The molecule has 0 saturated carbocycles. The first-order valence-electron chi connectivity index (χ1n) is 5.36. The Hall–Kier alpha value is -1.81. The van der Waals surface area contributed by atoms with Crippen molar-refractivity contribution in [3.8, 4) is 5.69 Å². The predicted octanol–water partition coefficient (Wildman–Crippen LogP) is 1.19. The van der Waals surface area contributed by atoms with Crippen molar-refractivity contribution in [3.63, 3.8) is 0 Å². The lowest BCUT2D eigenvalue weighted by molar-refractivity contribution is 0.819. The number of nitrogens with zero attached hydrogens (tertiary/aromatic N) is 1. The van der Waals surface area contributed by atoms with Gasteiger partial charge in [0.05, 0.1) is 11.3 Å². The van der Waals surface area contributed by atoms with E-state index in [-0.39, 0.29) is 12.1 Å². The van der Waals surface area contributed by atoms with Crippen LogP contribution < -0.4 is 11.3 Å². The average molecular weight is 217 g/mol. The molecule has 1 aromatic heterocycles. The summed E-state index contributed by atoms with van der Waals surface area (Å²) >= 11 is 0. The minimum absolute atomic E-state index is 0.0504. The number of hydrogen-bond acceptors (Lipinski definition) is 2. The molecule has 4 heteroatoms. The van der Waals surface area contributed by atoms with Gasteiger partial charge in [0.1, 0.15) is 0 Å². The molecule has 4 nitrogen and oxygen atoms in total. The maximum absolute atomic E-state index is 12.0. The summed E-state index contributed by atoms with van der Waals surface area (Å²) < 4.78 is 1.54. The van der Waals surface area contributed by atoms with Crippen molar-refractivity contribution in [2.24, 2.45) is 5.73 Å². The Morgan fingerprint density at radius 3 is 2.50 bits per heavy atom. The minimum Gasteiger partial charge on any atom is -0.326 e. The largest absolute Gasteiger partial charge is 0.326 e. The Kier molecular flexibility index (Phi) is 2.92. The van der Waals surface area contributed by atoms with E-state index in [9.17, 15) is 4.79 Å². The summed E-state index contributed by atoms with van der Waals surface area (Å²) in [5.41, 5.74) is 7.96. The van der Waals surface area contributed by atoms with Gasteiger partial charge in [0.2, 0.25) is 0 Å². The molecular weight excluding hydrogens is 202 g/mol. The zero-order chi connectivity index (χ0) is 11.5. The third kappa shape index (κ3) is 1.67. The second kappa shape index (κ2) is 4.37. The summed E-state index contributed by atoms with van der Waals surface area (Å²) in [6.07, 6.45) is 0.779. The van der Waals surface area contributed by atoms with Crippen LogP contribution in [0.3, 0.4) is 0 Å². The number of aromatic nitrogens is 2. The van der Waals surface area contributed by atoms with E-state index >= 15 is 0 Å². The van der Waals surface area contributed by atoms with Crippen LogP contribution in [0.4, 0.5) is 0 Å². The summed E-state index contributed by atoms with van der Waals surface area (Å²) in [6.45, 7) is 2.28. The van der Waals surface area contributed by atoms with E-state index in [1.165, 1.54) is 0 Å². The molecule has 0 amide bonds. The molecule has 0 aliphatic carbocycles. The number of rotatable bonds is 3. The molecule has 16 heavy (non-hydrogen) atoms. The number of nitrogens with one attached hydrogen (secondary N) is 1. The van der Waals surface area contributed by atoms with Gasteiger partial charge in [0.25, 0.3) is 5.56 Å². The second-order valence-electron chi connectivity index (χ2n) is 3.60. The quantitative estimate of drug-likeness (QED) is 0.811. The van der Waals surface area contributed by atoms with E-state index in [2.05, 4.69) is 5.10 Å². The first-order valence-corrected chi connectivity index (χ1v) is 5.36. The smallest absolute Gasteiger partial charge is 0.275 e. The lowest BCUT2D eigenvalue weighted by Crippen LogP contribution is -2.19. The maximum Gasteiger partial charge on any atom is 0.275 e. The molecule has 1 heterocycles. The van der Waals surface area contributed by atoms with E-state index in [1.54, 1.807) is 4.68 Å². The molecule has 0 aliphatic heterocycles. The summed E-state index contributed by atoms with van der Waals surface area (Å²) in [5.74, 6) is 0. The van der Waals surface area contributed by atoms with Crippen molar-refractivity contribution in [1.29, 1.82) is 0 Å². The highest BCUT2D eigenvalue weighted by atomic mass is 16.1. The number of H-pyrrole nitrogens is 1. The number of hydrogen-bond donors (Lipinski definition) is 2. The first-order chi connectivity index (χ1) is 7.77. The standard InChI is InChI=1S/C12H15N3O/c1-2-11-10(8-13)12(16)15(14-11)9-6-4-3-5-7-9/h3-7,14H,2,8,13H2,1H3. The highest BCUT2D eigenvalue weighted by Crippen LogP contribution is 2.07. The van der Waals surface area contributed by atoms with Crippen molar-refractivity contribution in [1.82, 2.24) is 9.78 Å². The van der Waals surface area contributed by atoms with Crippen LogP contribution in [-0.2, 0) is 13.0 Å². The van der Waals surface area contributed by atoms with Crippen molar-refractivity contribution in [2.75, 3.05) is 0 Å². The van der Waals surface area contributed by atoms with Gasteiger partial charge < -0.3 is 5.73 Å². The molecule has 0 aliphatic rings. The number of benzene rings is 1. The molecule has 84 valence electrons. The van der Waals surface area contributed by atoms with Crippen molar-refractivity contribution >= 4 is 0 Å². The van der Waals surface area contributed by atoms with Crippen LogP contribution in [0.1, 0.15) is 18.2 Å². The maximum atomic E-state index is 12.0. The normalized spacial score (nSPS) is 10.6. The molecular formula is C12H15N3O. The zero-order valence-corrected chi connectivity index (χ0v) is 9.23. The second-order valence-corrected chi connectivity index (χ2v) is 3.60. The summed E-state index contributed by atoms with van der Waals surface area (Å²) in [4.78, 5) is 12.0. The van der Waals surface area contributed by atoms with Crippen LogP contribution in [-0.4, -0.2) is 9.78 Å². The monoisotopic (exact) mass is 217 g/mol. The number of nitrogens with two attached hydrogens (primary N) is 1. The van der Waals surface area contributed by atoms with Crippen molar-refractivity contribution in [2.45, 2.75) is 19.9 Å². The fourth-order valence-corrected chi connectivity index (χ4v) is 1.78. The predicted molar refractivity (Wildman–Crippen MR) is 63.7 cm³/mol. The van der Waals surface area contributed by atoms with Gasteiger partial charge in [-0.25, -0.2) is 4.68 Å². The Balaban J connectivity index is 2.59. The van der Waals surface area contributed by atoms with Gasteiger partial charge >= 0.3 is 0 Å². The molecule has 0 saturated heterocycles. The third-order valence-corrected chi connectivity index (χ3v) is 2.64. The first kappa shape index (κ1) is 10.7. The fourth-order valence-electron chi connectivity index (χ4n) is 1.78. The Morgan fingerprint density at radius 1 is 1.31 bits per heavy atom. The van der Waals surface area contributed by atoms with Crippen LogP contribution in [0.15, 0.2) is 35.1 Å². The fraction of sp³-hybridized carbons (Fsp3) is 0.250. The van der Waals surface area contributed by atoms with Crippen LogP contribution >= 0.6 is 0 Å². The SMILES string of the molecule is CCc1[nH]n(-c2ccccc2)c(=O)c1CN. The lowest BCUT2D eigenvalue weighted by atomic mass is 10.2. The molecule has 3 N–H and O–H groups in total. The zero-order valence-electron chi connectivity index (χ0n) is 9.23. The molecule has 0 atom stereocenters. The molecule has 0 radical (unpaired) electrons. The van der Waals surface area contributed by atoms with E-state index in [0.29, 0.717) is 5.56 Å². The Bertz CT molecular complexity index is 525. The molecule has 2 rings (SSSR count). The van der Waals surface area contributed by atoms with Gasteiger partial charge in [-0.05, 0) is 18.6 Å². The van der Waals surface area contributed by atoms with Crippen LogP contribution in [0.25, 0.3) is 5.69 Å². The van der Waals surface area contributed by atoms with Crippen molar-refractivity contribution in [3.05, 3.63) is 51.9 Å². The molecule has 1 aromatic carbocycles. The molecule has 0 spiro atoms. The van der Waals surface area contributed by atoms with E-state index in [4.69, 9.17) is 5.73 Å². The van der Waals surface area contributed by atoms with Gasteiger partial charge in [-0.15, -0.1) is 0 Å². The summed E-state index contributed by atoms with van der Waals surface area (Å²) in [5, 5.41) is 3.09. The van der Waals surface area contributed by atoms with Gasteiger partial charge in [-0.1, -0.05) is 25.1 Å². The number of aryl methyl sites for hydroxylation is 1. The van der Waals surface area contributed by atoms with Gasteiger partial charge in [0, 0.05) is 12.2 Å². The highest BCUT2D eigenvalue weighted by Gasteiger charge is 2.11. The van der Waals surface area contributed by atoms with Crippen LogP contribution in [0.5, 0.6) is 0 Å². The van der Waals surface area contributed by atoms with Gasteiger partial charge in [-0.2, -0.15) is 0 Å². The topological polar surface area (TPSA) is 63.8 Å². The summed E-state index contributed by atoms with van der Waals surface area (Å²) in [6, 6.07) is 9.49. The van der Waals surface area contributed by atoms with Crippen molar-refractivity contribution < 1.29 is 0 Å². The molecule has 0 unspecified atom stereocenters. The van der Waals surface area contributed by atoms with E-state index in [1.807, 2.05) is 37.3 Å². The highest BCUT2D eigenvalue weighted by molar-refractivity contribution is 5.32.